The van der Waals surface area contributed by atoms with Crippen LogP contribution < -0.4 is 5.73 Å². The molecule has 0 amide bonds. The minimum absolute atomic E-state index is 0.727. The fraction of sp³-hybridized carbons (Fsp3) is 0.200. The largest absolute Gasteiger partial charge is 0.399 e. The number of nitrogens with zero attached hydrogens (tertiary/aromatic N) is 1. The molecule has 0 bridgehead atoms. The molecule has 0 aromatic heterocycles. The molecule has 0 fully saturated rings. The van der Waals surface area contributed by atoms with E-state index in [9.17, 15) is 0 Å². The van der Waals surface area contributed by atoms with Crippen LogP contribution in [0.25, 0.3) is 0 Å². The molecule has 2 rings (SSSR count). The Bertz CT molecular complexity index is 570. The Balaban J connectivity index is 2.07. The predicted octanol–water partition coefficient (Wildman–Crippen LogP) is 4.21. The van der Waals surface area contributed by atoms with Gasteiger partial charge in [0.05, 0.1) is 0 Å². The highest BCUT2D eigenvalue weighted by Crippen LogP contribution is 2.22. The van der Waals surface area contributed by atoms with Crippen molar-refractivity contribution >= 4 is 28.9 Å². The Hall–Kier alpha value is -1.22. The molecular weight excluding hydrogens is 279 g/mol. The number of halogens is 2. The summed E-state index contributed by atoms with van der Waals surface area (Å²) in [6, 6.07) is 13.4. The van der Waals surface area contributed by atoms with Crippen LogP contribution in [0.5, 0.6) is 0 Å². The smallest absolute Gasteiger partial charge is 0.0452 e. The molecule has 0 unspecified atom stereocenters. The van der Waals surface area contributed by atoms with Crippen LogP contribution in [-0.4, -0.2) is 11.9 Å². The van der Waals surface area contributed by atoms with Gasteiger partial charge in [-0.2, -0.15) is 0 Å². The van der Waals surface area contributed by atoms with E-state index >= 15 is 0 Å². The van der Waals surface area contributed by atoms with E-state index in [1.807, 2.05) is 43.4 Å². The number of anilines is 1. The molecule has 0 saturated heterocycles. The summed E-state index contributed by atoms with van der Waals surface area (Å²) in [5.74, 6) is 0. The first-order valence-corrected chi connectivity index (χ1v) is 6.77. The molecule has 0 saturated carbocycles. The fourth-order valence-corrected chi connectivity index (χ4v) is 2.35. The molecule has 0 radical (unpaired) electrons. The van der Waals surface area contributed by atoms with Crippen molar-refractivity contribution in [3.63, 3.8) is 0 Å². The van der Waals surface area contributed by atoms with Crippen LogP contribution in [0.15, 0.2) is 42.5 Å². The summed E-state index contributed by atoms with van der Waals surface area (Å²) in [6.45, 7) is 1.50. The first-order valence-electron chi connectivity index (χ1n) is 6.02. The maximum atomic E-state index is 6.17. The van der Waals surface area contributed by atoms with Crippen molar-refractivity contribution in [2.24, 2.45) is 0 Å². The minimum atomic E-state index is 0.727. The Kier molecular flexibility index (Phi) is 4.70. The first kappa shape index (κ1) is 14.2. The molecule has 0 heterocycles. The van der Waals surface area contributed by atoms with Crippen molar-refractivity contribution in [2.75, 3.05) is 12.8 Å². The number of rotatable bonds is 4. The van der Waals surface area contributed by atoms with E-state index in [1.54, 1.807) is 6.07 Å². The molecule has 4 heteroatoms. The van der Waals surface area contributed by atoms with Gasteiger partial charge in [-0.1, -0.05) is 41.4 Å². The van der Waals surface area contributed by atoms with Gasteiger partial charge in [0.15, 0.2) is 0 Å². The SMILES string of the molecule is CN(Cc1ccccc1Cl)Cc1cc(N)ccc1Cl. The summed E-state index contributed by atoms with van der Waals surface area (Å²) in [5.41, 5.74) is 8.64. The molecule has 0 spiro atoms. The van der Waals surface area contributed by atoms with Gasteiger partial charge in [0, 0.05) is 28.8 Å². The average molecular weight is 295 g/mol. The highest BCUT2D eigenvalue weighted by Gasteiger charge is 2.07. The van der Waals surface area contributed by atoms with E-state index in [0.717, 1.165) is 39.9 Å². The van der Waals surface area contributed by atoms with Gasteiger partial charge in [-0.3, -0.25) is 4.90 Å². The van der Waals surface area contributed by atoms with Gasteiger partial charge < -0.3 is 5.73 Å². The lowest BCUT2D eigenvalue weighted by Gasteiger charge is -2.18. The highest BCUT2D eigenvalue weighted by atomic mass is 35.5. The Morgan fingerprint density at radius 2 is 1.58 bits per heavy atom. The number of benzene rings is 2. The summed E-state index contributed by atoms with van der Waals surface area (Å²) in [6.07, 6.45) is 0. The van der Waals surface area contributed by atoms with Crippen molar-refractivity contribution < 1.29 is 0 Å². The second-order valence-corrected chi connectivity index (χ2v) is 5.43. The third-order valence-corrected chi connectivity index (χ3v) is 3.65. The maximum absolute atomic E-state index is 6.17. The number of hydrogen-bond acceptors (Lipinski definition) is 2. The molecule has 2 N–H and O–H groups in total. The van der Waals surface area contributed by atoms with Gasteiger partial charge in [-0.05, 0) is 42.4 Å². The second-order valence-electron chi connectivity index (χ2n) is 4.61. The molecule has 2 aromatic rings. The van der Waals surface area contributed by atoms with E-state index in [2.05, 4.69) is 4.90 Å². The van der Waals surface area contributed by atoms with Crippen LogP contribution in [0.2, 0.25) is 10.0 Å². The lowest BCUT2D eigenvalue weighted by atomic mass is 10.1. The van der Waals surface area contributed by atoms with E-state index in [1.165, 1.54) is 0 Å². The van der Waals surface area contributed by atoms with Crippen LogP contribution in [0, 0.1) is 0 Å². The van der Waals surface area contributed by atoms with Crippen LogP contribution in [0.4, 0.5) is 5.69 Å². The number of hydrogen-bond donors (Lipinski definition) is 1. The zero-order valence-electron chi connectivity index (χ0n) is 10.7. The Labute approximate surface area is 123 Å². The van der Waals surface area contributed by atoms with Gasteiger partial charge in [-0.25, -0.2) is 0 Å². The standard InChI is InChI=1S/C15H16Cl2N2/c1-19(9-11-4-2-3-5-14(11)16)10-12-8-13(18)6-7-15(12)17/h2-8H,9-10,18H2,1H3. The average Bonchev–Trinajstić information content (AvgIpc) is 2.37. The lowest BCUT2D eigenvalue weighted by molar-refractivity contribution is 0.319. The molecule has 0 atom stereocenters. The summed E-state index contributed by atoms with van der Waals surface area (Å²) in [7, 11) is 2.03. The van der Waals surface area contributed by atoms with E-state index in [-0.39, 0.29) is 0 Å². The summed E-state index contributed by atoms with van der Waals surface area (Å²) < 4.78 is 0. The monoisotopic (exact) mass is 294 g/mol. The van der Waals surface area contributed by atoms with Gasteiger partial charge in [0.25, 0.3) is 0 Å². The number of nitrogen functional groups attached to an aromatic ring is 1. The van der Waals surface area contributed by atoms with E-state index in [0.29, 0.717) is 0 Å². The molecule has 0 aliphatic rings. The minimum Gasteiger partial charge on any atom is -0.399 e. The summed E-state index contributed by atoms with van der Waals surface area (Å²) in [4.78, 5) is 2.15. The second kappa shape index (κ2) is 6.29. The maximum Gasteiger partial charge on any atom is 0.0452 e. The Morgan fingerprint density at radius 1 is 0.947 bits per heavy atom. The van der Waals surface area contributed by atoms with Gasteiger partial charge in [0.1, 0.15) is 0 Å². The predicted molar refractivity (Wildman–Crippen MR) is 82.5 cm³/mol. The van der Waals surface area contributed by atoms with Crippen LogP contribution in [-0.2, 0) is 13.1 Å². The van der Waals surface area contributed by atoms with Crippen molar-refractivity contribution in [3.05, 3.63) is 63.6 Å². The molecular formula is C15H16Cl2N2. The van der Waals surface area contributed by atoms with E-state index in [4.69, 9.17) is 28.9 Å². The molecule has 100 valence electrons. The third kappa shape index (κ3) is 3.87. The Morgan fingerprint density at radius 3 is 2.32 bits per heavy atom. The van der Waals surface area contributed by atoms with Crippen LogP contribution >= 0.6 is 23.2 Å². The van der Waals surface area contributed by atoms with Crippen LogP contribution in [0.3, 0.4) is 0 Å². The van der Waals surface area contributed by atoms with Gasteiger partial charge in [-0.15, -0.1) is 0 Å². The topological polar surface area (TPSA) is 29.3 Å². The normalized spacial score (nSPS) is 10.9. The quantitative estimate of drug-likeness (QED) is 0.856. The first-order chi connectivity index (χ1) is 9.06. The van der Waals surface area contributed by atoms with Crippen molar-refractivity contribution in [3.8, 4) is 0 Å². The van der Waals surface area contributed by atoms with Crippen LogP contribution in [0.1, 0.15) is 11.1 Å². The third-order valence-electron chi connectivity index (χ3n) is 2.91. The highest BCUT2D eigenvalue weighted by molar-refractivity contribution is 6.31. The zero-order chi connectivity index (χ0) is 13.8. The molecule has 19 heavy (non-hydrogen) atoms. The summed E-state index contributed by atoms with van der Waals surface area (Å²) >= 11 is 12.3. The summed E-state index contributed by atoms with van der Waals surface area (Å²) in [5, 5.41) is 1.52. The van der Waals surface area contributed by atoms with Gasteiger partial charge >= 0.3 is 0 Å². The molecule has 0 aliphatic heterocycles. The molecule has 2 aromatic carbocycles. The van der Waals surface area contributed by atoms with Crippen molar-refractivity contribution in [2.45, 2.75) is 13.1 Å². The number of nitrogens with two attached hydrogens (primary N) is 1. The zero-order valence-corrected chi connectivity index (χ0v) is 12.2. The molecule has 0 aliphatic carbocycles. The van der Waals surface area contributed by atoms with E-state index < -0.39 is 0 Å². The van der Waals surface area contributed by atoms with Crippen molar-refractivity contribution in [1.29, 1.82) is 0 Å². The van der Waals surface area contributed by atoms with Crippen molar-refractivity contribution in [1.82, 2.24) is 4.90 Å². The fourth-order valence-electron chi connectivity index (χ4n) is 1.98. The van der Waals surface area contributed by atoms with Gasteiger partial charge in [0.2, 0.25) is 0 Å². The lowest BCUT2D eigenvalue weighted by Crippen LogP contribution is -2.17. The molecule has 2 nitrogen and oxygen atoms in total.